The lowest BCUT2D eigenvalue weighted by Gasteiger charge is -2.11. The van der Waals surface area contributed by atoms with Crippen LogP contribution in [-0.2, 0) is 5.75 Å². The molecule has 0 fully saturated rings. The van der Waals surface area contributed by atoms with Gasteiger partial charge in [-0.2, -0.15) is 4.98 Å². The van der Waals surface area contributed by atoms with Crippen molar-refractivity contribution in [2.45, 2.75) is 24.5 Å². The molecular formula is C18H16N4O4S. The number of carbonyl (C=O) groups is 1. The predicted octanol–water partition coefficient (Wildman–Crippen LogP) is 4.14. The number of nitrogens with zero attached hydrogens (tertiary/aromatic N) is 3. The first-order chi connectivity index (χ1) is 13.0. The molecule has 9 heteroatoms. The topological polar surface area (TPSA) is 111 Å². The van der Waals surface area contributed by atoms with Gasteiger partial charge in [0.25, 0.3) is 11.6 Å². The molecule has 1 amide bonds. The third kappa shape index (κ3) is 4.32. The second-order valence-electron chi connectivity index (χ2n) is 5.68. The van der Waals surface area contributed by atoms with Crippen molar-refractivity contribution in [3.8, 4) is 0 Å². The molecule has 138 valence electrons. The quantitative estimate of drug-likeness (QED) is 0.386. The first-order valence-electron chi connectivity index (χ1n) is 8.02. The molecule has 0 atom stereocenters. The summed E-state index contributed by atoms with van der Waals surface area (Å²) in [6.45, 7) is 3.34. The SMILES string of the molecule is Cc1noc(CSc2ccccc2C(=O)Nc2cccc([N+](=O)[O-])c2C)n1. The maximum atomic E-state index is 12.7. The first kappa shape index (κ1) is 18.6. The molecular weight excluding hydrogens is 368 g/mol. The van der Waals surface area contributed by atoms with Crippen molar-refractivity contribution in [3.63, 3.8) is 0 Å². The lowest BCUT2D eigenvalue weighted by atomic mass is 10.1. The smallest absolute Gasteiger partial charge is 0.274 e. The highest BCUT2D eigenvalue weighted by molar-refractivity contribution is 7.98. The minimum absolute atomic E-state index is 0.0396. The number of aromatic nitrogens is 2. The minimum Gasteiger partial charge on any atom is -0.338 e. The van der Waals surface area contributed by atoms with E-state index in [9.17, 15) is 14.9 Å². The molecule has 27 heavy (non-hydrogen) atoms. The van der Waals surface area contributed by atoms with Crippen LogP contribution >= 0.6 is 11.8 Å². The molecule has 0 aliphatic carbocycles. The second-order valence-corrected chi connectivity index (χ2v) is 6.70. The summed E-state index contributed by atoms with van der Waals surface area (Å²) in [5.41, 5.74) is 1.23. The van der Waals surface area contributed by atoms with Crippen molar-refractivity contribution < 1.29 is 14.2 Å². The van der Waals surface area contributed by atoms with E-state index in [-0.39, 0.29) is 11.6 Å². The zero-order valence-corrected chi connectivity index (χ0v) is 15.4. The van der Waals surface area contributed by atoms with Gasteiger partial charge in [-0.1, -0.05) is 23.4 Å². The Kier molecular flexibility index (Phi) is 5.51. The largest absolute Gasteiger partial charge is 0.338 e. The van der Waals surface area contributed by atoms with E-state index < -0.39 is 4.92 Å². The van der Waals surface area contributed by atoms with Crippen LogP contribution in [0.25, 0.3) is 0 Å². The van der Waals surface area contributed by atoms with E-state index in [0.717, 1.165) is 4.90 Å². The highest BCUT2D eigenvalue weighted by Gasteiger charge is 2.17. The molecule has 8 nitrogen and oxygen atoms in total. The third-order valence-corrected chi connectivity index (χ3v) is 4.86. The van der Waals surface area contributed by atoms with Crippen LogP contribution in [0, 0.1) is 24.0 Å². The minimum atomic E-state index is -0.471. The molecule has 0 saturated heterocycles. The molecule has 1 aromatic heterocycles. The molecule has 3 rings (SSSR count). The molecule has 1 heterocycles. The van der Waals surface area contributed by atoms with Crippen LogP contribution in [0.1, 0.15) is 27.6 Å². The molecule has 0 radical (unpaired) electrons. The Morgan fingerprint density at radius 2 is 2.00 bits per heavy atom. The van der Waals surface area contributed by atoms with Gasteiger partial charge >= 0.3 is 0 Å². The van der Waals surface area contributed by atoms with Crippen molar-refractivity contribution in [1.29, 1.82) is 0 Å². The van der Waals surface area contributed by atoms with E-state index in [2.05, 4.69) is 15.5 Å². The van der Waals surface area contributed by atoms with Crippen LogP contribution in [0.4, 0.5) is 11.4 Å². The standard InChI is InChI=1S/C18H16N4O4S/c1-11-14(7-5-8-15(11)22(24)25)20-18(23)13-6-3-4-9-16(13)27-10-17-19-12(2)21-26-17/h3-9H,10H2,1-2H3,(H,20,23). The van der Waals surface area contributed by atoms with Crippen molar-refractivity contribution in [3.05, 3.63) is 75.4 Å². The number of thioether (sulfide) groups is 1. The molecule has 0 spiro atoms. The van der Waals surface area contributed by atoms with E-state index in [0.29, 0.717) is 34.3 Å². The number of nitro benzene ring substituents is 1. The number of rotatable bonds is 6. The second kappa shape index (κ2) is 8.00. The van der Waals surface area contributed by atoms with Crippen LogP contribution in [0.2, 0.25) is 0 Å². The number of nitro groups is 1. The van der Waals surface area contributed by atoms with Gasteiger partial charge in [0.15, 0.2) is 5.82 Å². The maximum absolute atomic E-state index is 12.7. The monoisotopic (exact) mass is 384 g/mol. The highest BCUT2D eigenvalue weighted by Crippen LogP contribution is 2.29. The molecule has 1 N–H and O–H groups in total. The predicted molar refractivity (Wildman–Crippen MR) is 101 cm³/mol. The van der Waals surface area contributed by atoms with Gasteiger partial charge in [0, 0.05) is 11.0 Å². The fraction of sp³-hybridized carbons (Fsp3) is 0.167. The number of amides is 1. The van der Waals surface area contributed by atoms with Gasteiger partial charge in [0.1, 0.15) is 0 Å². The fourth-order valence-corrected chi connectivity index (χ4v) is 3.35. The lowest BCUT2D eigenvalue weighted by Crippen LogP contribution is -2.14. The van der Waals surface area contributed by atoms with E-state index in [1.807, 2.05) is 12.1 Å². The number of aryl methyl sites for hydroxylation is 1. The van der Waals surface area contributed by atoms with Gasteiger partial charge in [-0.3, -0.25) is 14.9 Å². The summed E-state index contributed by atoms with van der Waals surface area (Å²) in [7, 11) is 0. The number of carbonyl (C=O) groups excluding carboxylic acids is 1. The van der Waals surface area contributed by atoms with Gasteiger partial charge in [-0.05, 0) is 32.0 Å². The van der Waals surface area contributed by atoms with Crippen molar-refractivity contribution in [2.75, 3.05) is 5.32 Å². The molecule has 0 saturated carbocycles. The van der Waals surface area contributed by atoms with E-state index in [1.165, 1.54) is 17.8 Å². The van der Waals surface area contributed by atoms with E-state index in [4.69, 9.17) is 4.52 Å². The number of hydrogen-bond acceptors (Lipinski definition) is 7. The summed E-state index contributed by atoms with van der Waals surface area (Å²) >= 11 is 1.40. The summed E-state index contributed by atoms with van der Waals surface area (Å²) in [6.07, 6.45) is 0. The maximum Gasteiger partial charge on any atom is 0.274 e. The average molecular weight is 384 g/mol. The van der Waals surface area contributed by atoms with Gasteiger partial charge in [0.2, 0.25) is 5.89 Å². The van der Waals surface area contributed by atoms with Crippen LogP contribution in [-0.4, -0.2) is 21.0 Å². The lowest BCUT2D eigenvalue weighted by molar-refractivity contribution is -0.385. The summed E-state index contributed by atoms with van der Waals surface area (Å²) in [5.74, 6) is 1.12. The van der Waals surface area contributed by atoms with Crippen LogP contribution < -0.4 is 5.32 Å². The Morgan fingerprint density at radius 3 is 2.70 bits per heavy atom. The first-order valence-corrected chi connectivity index (χ1v) is 9.00. The Hall–Kier alpha value is -3.20. The highest BCUT2D eigenvalue weighted by atomic mass is 32.2. The van der Waals surface area contributed by atoms with Crippen LogP contribution in [0.5, 0.6) is 0 Å². The number of nitrogens with one attached hydrogen (secondary N) is 1. The number of anilines is 1. The normalized spacial score (nSPS) is 10.6. The molecule has 0 aliphatic heterocycles. The van der Waals surface area contributed by atoms with Crippen molar-refractivity contribution in [1.82, 2.24) is 10.1 Å². The summed E-state index contributed by atoms with van der Waals surface area (Å²) in [4.78, 5) is 28.2. The van der Waals surface area contributed by atoms with Gasteiger partial charge < -0.3 is 9.84 Å². The Labute approximate surface area is 159 Å². The summed E-state index contributed by atoms with van der Waals surface area (Å²) in [5, 5.41) is 17.6. The fourth-order valence-electron chi connectivity index (χ4n) is 2.46. The summed E-state index contributed by atoms with van der Waals surface area (Å²) < 4.78 is 5.09. The van der Waals surface area contributed by atoms with Crippen LogP contribution in [0.3, 0.4) is 0 Å². The number of hydrogen-bond donors (Lipinski definition) is 1. The third-order valence-electron chi connectivity index (χ3n) is 3.80. The molecule has 0 unspecified atom stereocenters. The summed E-state index contributed by atoms with van der Waals surface area (Å²) in [6, 6.07) is 11.7. The number of benzene rings is 2. The molecule has 0 bridgehead atoms. The Morgan fingerprint density at radius 1 is 1.22 bits per heavy atom. The Bertz CT molecular complexity index is 1000. The zero-order chi connectivity index (χ0) is 19.4. The van der Waals surface area contributed by atoms with Gasteiger partial charge in [0.05, 0.1) is 27.5 Å². The average Bonchev–Trinajstić information content (AvgIpc) is 3.07. The molecule has 3 aromatic rings. The van der Waals surface area contributed by atoms with Gasteiger partial charge in [-0.15, -0.1) is 11.8 Å². The van der Waals surface area contributed by atoms with E-state index in [1.54, 1.807) is 38.1 Å². The Balaban J connectivity index is 1.79. The zero-order valence-electron chi connectivity index (χ0n) is 14.6. The van der Waals surface area contributed by atoms with Crippen molar-refractivity contribution >= 4 is 29.0 Å². The van der Waals surface area contributed by atoms with Gasteiger partial charge in [-0.25, -0.2) is 0 Å². The molecule has 0 aliphatic rings. The van der Waals surface area contributed by atoms with E-state index >= 15 is 0 Å². The van der Waals surface area contributed by atoms with Crippen LogP contribution in [0.15, 0.2) is 51.9 Å². The molecule has 2 aromatic carbocycles. The van der Waals surface area contributed by atoms with Crippen molar-refractivity contribution in [2.24, 2.45) is 0 Å².